The predicted octanol–water partition coefficient (Wildman–Crippen LogP) is 4.98. The number of hydrogen-bond donors (Lipinski definition) is 0. The van der Waals surface area contributed by atoms with Gasteiger partial charge in [0.05, 0.1) is 23.0 Å². The van der Waals surface area contributed by atoms with Crippen molar-refractivity contribution in [2.75, 3.05) is 17.8 Å². The third-order valence-corrected chi connectivity index (χ3v) is 6.58. The van der Waals surface area contributed by atoms with Crippen molar-refractivity contribution in [3.63, 3.8) is 0 Å². The average Bonchev–Trinajstić information content (AvgIpc) is 3.46. The van der Waals surface area contributed by atoms with Gasteiger partial charge in [0.25, 0.3) is 5.91 Å². The summed E-state index contributed by atoms with van der Waals surface area (Å²) in [4.78, 5) is 21.0. The van der Waals surface area contributed by atoms with Crippen LogP contribution in [0.3, 0.4) is 0 Å². The molecule has 2 aromatic heterocycles. The van der Waals surface area contributed by atoms with Crippen LogP contribution >= 0.6 is 23.1 Å². The van der Waals surface area contributed by atoms with Crippen LogP contribution in [0.25, 0.3) is 10.2 Å². The summed E-state index contributed by atoms with van der Waals surface area (Å²) in [5, 5.41) is 0.607. The zero-order valence-electron chi connectivity index (χ0n) is 16.1. The zero-order valence-corrected chi connectivity index (χ0v) is 17.7. The minimum absolute atomic E-state index is 0.144. The number of hydrogen-bond acceptors (Lipinski definition) is 7. The predicted molar refractivity (Wildman–Crippen MR) is 118 cm³/mol. The molecule has 0 bridgehead atoms. The van der Waals surface area contributed by atoms with Gasteiger partial charge in [-0.2, -0.15) is 0 Å². The molecule has 152 valence electrons. The Morgan fingerprint density at radius 1 is 1.17 bits per heavy atom. The van der Waals surface area contributed by atoms with Gasteiger partial charge in [-0.3, -0.25) is 9.69 Å². The van der Waals surface area contributed by atoms with Crippen LogP contribution in [0.1, 0.15) is 5.76 Å². The van der Waals surface area contributed by atoms with Crippen molar-refractivity contribution < 1.29 is 18.7 Å². The maximum Gasteiger partial charge on any atom is 0.273 e. The van der Waals surface area contributed by atoms with Gasteiger partial charge in [-0.25, -0.2) is 4.98 Å². The minimum Gasteiger partial charge on any atom is -0.485 e. The molecule has 0 fully saturated rings. The van der Waals surface area contributed by atoms with Crippen LogP contribution < -0.4 is 14.4 Å². The SMILES string of the molecule is CSc1cccc2sc(N(Cc3ccco3)C(=O)C3COc4ccccc4O3)nc12. The summed E-state index contributed by atoms with van der Waals surface area (Å²) in [5.74, 6) is 1.66. The van der Waals surface area contributed by atoms with Crippen LogP contribution in [0.2, 0.25) is 0 Å². The van der Waals surface area contributed by atoms with E-state index in [2.05, 4.69) is 0 Å². The highest BCUT2D eigenvalue weighted by Gasteiger charge is 2.33. The van der Waals surface area contributed by atoms with Crippen LogP contribution in [0, 0.1) is 0 Å². The van der Waals surface area contributed by atoms with Gasteiger partial charge in [-0.15, -0.1) is 11.8 Å². The fourth-order valence-electron chi connectivity index (χ4n) is 3.30. The molecule has 0 saturated heterocycles. The number of thiazole rings is 1. The van der Waals surface area contributed by atoms with Crippen LogP contribution in [0.5, 0.6) is 11.5 Å². The highest BCUT2D eigenvalue weighted by Crippen LogP contribution is 2.36. The Kier molecular flexibility index (Phi) is 5.10. The van der Waals surface area contributed by atoms with E-state index in [-0.39, 0.29) is 19.1 Å². The largest absolute Gasteiger partial charge is 0.485 e. The first-order valence-corrected chi connectivity index (χ1v) is 11.4. The molecule has 4 aromatic rings. The fraction of sp³-hybridized carbons (Fsp3) is 0.182. The molecule has 0 radical (unpaired) electrons. The van der Waals surface area contributed by atoms with Gasteiger partial charge >= 0.3 is 0 Å². The Balaban J connectivity index is 1.50. The number of nitrogens with zero attached hydrogens (tertiary/aromatic N) is 2. The number of para-hydroxylation sites is 3. The lowest BCUT2D eigenvalue weighted by Crippen LogP contribution is -2.46. The molecule has 6 nitrogen and oxygen atoms in total. The number of amides is 1. The second-order valence-electron chi connectivity index (χ2n) is 6.67. The number of ether oxygens (including phenoxy) is 2. The van der Waals surface area contributed by atoms with E-state index in [4.69, 9.17) is 18.9 Å². The van der Waals surface area contributed by atoms with E-state index in [1.54, 1.807) is 35.1 Å². The number of carbonyl (C=O) groups excluding carboxylic acids is 1. The molecule has 1 amide bonds. The van der Waals surface area contributed by atoms with Crippen LogP contribution in [-0.4, -0.2) is 29.9 Å². The molecule has 0 spiro atoms. The lowest BCUT2D eigenvalue weighted by atomic mass is 10.2. The van der Waals surface area contributed by atoms with E-state index in [0.717, 1.165) is 15.1 Å². The second-order valence-corrected chi connectivity index (χ2v) is 8.53. The second kappa shape index (κ2) is 8.04. The fourth-order valence-corrected chi connectivity index (χ4v) is 4.93. The lowest BCUT2D eigenvalue weighted by Gasteiger charge is -2.29. The Hall–Kier alpha value is -2.97. The number of benzene rings is 2. The van der Waals surface area contributed by atoms with Crippen molar-refractivity contribution in [2.24, 2.45) is 0 Å². The maximum atomic E-state index is 13.5. The summed E-state index contributed by atoms with van der Waals surface area (Å²) in [6.07, 6.45) is 2.85. The number of furan rings is 1. The smallest absolute Gasteiger partial charge is 0.273 e. The van der Waals surface area contributed by atoms with Gasteiger partial charge in [-0.1, -0.05) is 29.5 Å². The third-order valence-electron chi connectivity index (χ3n) is 4.77. The van der Waals surface area contributed by atoms with Crippen molar-refractivity contribution in [1.29, 1.82) is 0 Å². The summed E-state index contributed by atoms with van der Waals surface area (Å²) in [7, 11) is 0. The Morgan fingerprint density at radius 3 is 2.83 bits per heavy atom. The molecule has 0 N–H and O–H groups in total. The van der Waals surface area contributed by atoms with Gasteiger partial charge in [0.15, 0.2) is 16.6 Å². The van der Waals surface area contributed by atoms with Crippen molar-refractivity contribution in [3.05, 3.63) is 66.6 Å². The Bertz CT molecular complexity index is 1190. The van der Waals surface area contributed by atoms with Crippen molar-refractivity contribution in [2.45, 2.75) is 17.5 Å². The monoisotopic (exact) mass is 438 g/mol. The van der Waals surface area contributed by atoms with E-state index < -0.39 is 6.10 Å². The van der Waals surface area contributed by atoms with E-state index in [1.165, 1.54) is 11.3 Å². The molecule has 1 unspecified atom stereocenters. The number of anilines is 1. The molecule has 2 aromatic carbocycles. The van der Waals surface area contributed by atoms with Crippen LogP contribution in [0.15, 0.2) is 70.2 Å². The number of fused-ring (bicyclic) bond motifs is 2. The van der Waals surface area contributed by atoms with E-state index >= 15 is 0 Å². The third kappa shape index (κ3) is 3.53. The lowest BCUT2D eigenvalue weighted by molar-refractivity contribution is -0.127. The number of thioether (sulfide) groups is 1. The summed E-state index contributed by atoms with van der Waals surface area (Å²) < 4.78 is 18.3. The minimum atomic E-state index is -0.762. The van der Waals surface area contributed by atoms with Crippen molar-refractivity contribution in [3.8, 4) is 11.5 Å². The highest BCUT2D eigenvalue weighted by atomic mass is 32.2. The van der Waals surface area contributed by atoms with E-state index in [9.17, 15) is 4.79 Å². The number of rotatable bonds is 5. The summed E-state index contributed by atoms with van der Waals surface area (Å²) >= 11 is 3.11. The standard InChI is InChI=1S/C22H18N2O4S2/c1-29-18-9-4-10-19-20(18)23-22(30-19)24(12-14-6-5-11-26-14)21(25)17-13-27-15-7-2-3-8-16(15)28-17/h2-11,17H,12-13H2,1H3. The van der Waals surface area contributed by atoms with E-state index in [0.29, 0.717) is 22.4 Å². The molecule has 1 aliphatic heterocycles. The molecular formula is C22H18N2O4S2. The first kappa shape index (κ1) is 19.0. The average molecular weight is 439 g/mol. The molecule has 30 heavy (non-hydrogen) atoms. The molecule has 1 aliphatic rings. The van der Waals surface area contributed by atoms with Crippen LogP contribution in [-0.2, 0) is 11.3 Å². The molecular weight excluding hydrogens is 420 g/mol. The van der Waals surface area contributed by atoms with E-state index in [1.807, 2.05) is 48.7 Å². The number of carbonyl (C=O) groups is 1. The normalized spacial score (nSPS) is 15.3. The maximum absolute atomic E-state index is 13.5. The summed E-state index contributed by atoms with van der Waals surface area (Å²) in [6.45, 7) is 0.410. The molecule has 8 heteroatoms. The molecule has 5 rings (SSSR count). The Labute approximate surface area is 181 Å². The summed E-state index contributed by atoms with van der Waals surface area (Å²) in [6, 6.07) is 17.1. The van der Waals surface area contributed by atoms with Gasteiger partial charge < -0.3 is 13.9 Å². The first-order valence-electron chi connectivity index (χ1n) is 9.39. The topological polar surface area (TPSA) is 64.8 Å². The molecule has 0 aliphatic carbocycles. The quantitative estimate of drug-likeness (QED) is 0.409. The van der Waals surface area contributed by atoms with Gasteiger partial charge in [-0.05, 0) is 42.7 Å². The number of aromatic nitrogens is 1. The molecule has 0 saturated carbocycles. The molecule has 3 heterocycles. The van der Waals surface area contributed by atoms with Crippen LogP contribution in [0.4, 0.5) is 5.13 Å². The van der Waals surface area contributed by atoms with Crippen molar-refractivity contribution in [1.82, 2.24) is 4.98 Å². The zero-order chi connectivity index (χ0) is 20.5. The Morgan fingerprint density at radius 2 is 2.03 bits per heavy atom. The van der Waals surface area contributed by atoms with Gasteiger partial charge in [0.2, 0.25) is 6.10 Å². The molecule has 1 atom stereocenters. The summed E-state index contributed by atoms with van der Waals surface area (Å²) in [5.41, 5.74) is 0.897. The highest BCUT2D eigenvalue weighted by molar-refractivity contribution is 7.98. The van der Waals surface area contributed by atoms with Crippen molar-refractivity contribution >= 4 is 44.4 Å². The van der Waals surface area contributed by atoms with Gasteiger partial charge in [0.1, 0.15) is 12.4 Å². The first-order chi connectivity index (χ1) is 14.7. The van der Waals surface area contributed by atoms with Gasteiger partial charge in [0, 0.05) is 4.90 Å².